The van der Waals surface area contributed by atoms with Crippen molar-refractivity contribution < 1.29 is 14.6 Å². The highest BCUT2D eigenvalue weighted by Crippen LogP contribution is 2.26. The first kappa shape index (κ1) is 19.9. The molecule has 1 aromatic carbocycles. The van der Waals surface area contributed by atoms with Gasteiger partial charge in [0.15, 0.2) is 0 Å². The summed E-state index contributed by atoms with van der Waals surface area (Å²) in [7, 11) is 0. The van der Waals surface area contributed by atoms with Crippen molar-refractivity contribution in [2.24, 2.45) is 0 Å². The first-order valence-corrected chi connectivity index (χ1v) is 9.37. The maximum Gasteiger partial charge on any atom is 0.255 e. The zero-order valence-electron chi connectivity index (χ0n) is 14.9. The lowest BCUT2D eigenvalue weighted by atomic mass is 9.96. The highest BCUT2D eigenvalue weighted by molar-refractivity contribution is 6.33. The Morgan fingerprint density at radius 3 is 2.74 bits per heavy atom. The highest BCUT2D eigenvalue weighted by Gasteiger charge is 2.24. The fourth-order valence-electron chi connectivity index (χ4n) is 2.82. The van der Waals surface area contributed by atoms with Gasteiger partial charge in [0, 0.05) is 30.9 Å². The average Bonchev–Trinajstić information content (AvgIpc) is 2.67. The van der Waals surface area contributed by atoms with E-state index in [1.54, 1.807) is 42.2 Å². The number of hydrogen-bond donors (Lipinski definition) is 2. The fraction of sp³-hybridized carbons (Fsp3) is 0.368. The highest BCUT2D eigenvalue weighted by atomic mass is 35.5. The lowest BCUT2D eigenvalue weighted by molar-refractivity contribution is 0.0302. The minimum absolute atomic E-state index is 0.120. The number of nitrogens with zero attached hydrogens (tertiary/aromatic N) is 2. The van der Waals surface area contributed by atoms with Gasteiger partial charge in [-0.3, -0.25) is 4.79 Å². The first-order valence-electron chi connectivity index (χ1n) is 8.62. The second-order valence-corrected chi connectivity index (χ2v) is 7.44. The molecule has 1 unspecified atom stereocenters. The Morgan fingerprint density at radius 2 is 2.07 bits per heavy atom. The van der Waals surface area contributed by atoms with Gasteiger partial charge in [-0.25, -0.2) is 4.98 Å². The van der Waals surface area contributed by atoms with Crippen LogP contribution in [0.25, 0.3) is 0 Å². The van der Waals surface area contributed by atoms with E-state index in [9.17, 15) is 9.90 Å². The number of anilines is 1. The molecule has 0 bridgehead atoms. The number of carbonyl (C=O) groups is 1. The van der Waals surface area contributed by atoms with Crippen LogP contribution in [0.4, 0.5) is 5.82 Å². The number of benzene rings is 1. The predicted octanol–water partition coefficient (Wildman–Crippen LogP) is 3.18. The van der Waals surface area contributed by atoms with Crippen LogP contribution < -0.4 is 5.32 Å². The van der Waals surface area contributed by atoms with E-state index in [4.69, 9.17) is 27.9 Å². The molecule has 0 aliphatic carbocycles. The molecule has 1 saturated heterocycles. The second-order valence-electron chi connectivity index (χ2n) is 6.60. The molecular weight excluding hydrogens is 389 g/mol. The smallest absolute Gasteiger partial charge is 0.255 e. The molecule has 8 heteroatoms. The Morgan fingerprint density at radius 1 is 1.33 bits per heavy atom. The Labute approximate surface area is 168 Å². The Balaban J connectivity index is 1.68. The summed E-state index contributed by atoms with van der Waals surface area (Å²) in [5.41, 5.74) is -0.0649. The summed E-state index contributed by atoms with van der Waals surface area (Å²) in [5.74, 6) is 0.280. The van der Waals surface area contributed by atoms with Crippen molar-refractivity contribution >= 4 is 34.9 Å². The van der Waals surface area contributed by atoms with E-state index in [0.29, 0.717) is 53.3 Å². The standard InChI is InChI=1S/C19H21Cl2N3O3/c1-19(26,14-3-2-4-15(20)10-14)12-23-17-16(21)9-13(11-22-17)18(25)24-5-7-27-8-6-24/h2-4,9-11,26H,5-8,12H2,1H3,(H,22,23). The number of morpholine rings is 1. The Bertz CT molecular complexity index is 824. The molecule has 1 atom stereocenters. The third-order valence-corrected chi connectivity index (χ3v) is 4.96. The summed E-state index contributed by atoms with van der Waals surface area (Å²) in [4.78, 5) is 18.5. The molecule has 0 radical (unpaired) electrons. The molecule has 2 N–H and O–H groups in total. The number of aliphatic hydroxyl groups is 1. The lowest BCUT2D eigenvalue weighted by Crippen LogP contribution is -2.40. The van der Waals surface area contributed by atoms with Crippen LogP contribution in [0.1, 0.15) is 22.8 Å². The molecule has 2 heterocycles. The summed E-state index contributed by atoms with van der Waals surface area (Å²) in [6.07, 6.45) is 1.49. The lowest BCUT2D eigenvalue weighted by Gasteiger charge is -2.27. The van der Waals surface area contributed by atoms with Crippen LogP contribution >= 0.6 is 23.2 Å². The topological polar surface area (TPSA) is 74.7 Å². The van der Waals surface area contributed by atoms with Crippen LogP contribution in [0, 0.1) is 0 Å². The Kier molecular flexibility index (Phi) is 6.22. The minimum Gasteiger partial charge on any atom is -0.384 e. The molecule has 1 amide bonds. The zero-order chi connectivity index (χ0) is 19.4. The summed E-state index contributed by atoms with van der Waals surface area (Å²) in [6.45, 7) is 4.03. The van der Waals surface area contributed by atoms with Crippen molar-refractivity contribution in [3.63, 3.8) is 0 Å². The quantitative estimate of drug-likeness (QED) is 0.792. The van der Waals surface area contributed by atoms with Crippen LogP contribution in [0.5, 0.6) is 0 Å². The number of ether oxygens (including phenoxy) is 1. The number of hydrogen-bond acceptors (Lipinski definition) is 5. The van der Waals surface area contributed by atoms with Crippen LogP contribution in [-0.2, 0) is 10.3 Å². The molecule has 1 fully saturated rings. The van der Waals surface area contributed by atoms with Gasteiger partial charge in [-0.15, -0.1) is 0 Å². The van der Waals surface area contributed by atoms with E-state index in [1.165, 1.54) is 6.20 Å². The second kappa shape index (κ2) is 8.44. The maximum atomic E-state index is 12.5. The zero-order valence-corrected chi connectivity index (χ0v) is 16.4. The van der Waals surface area contributed by atoms with Crippen molar-refractivity contribution in [2.45, 2.75) is 12.5 Å². The molecule has 6 nitrogen and oxygen atoms in total. The molecule has 144 valence electrons. The van der Waals surface area contributed by atoms with Gasteiger partial charge in [-0.2, -0.15) is 0 Å². The third kappa shape index (κ3) is 4.90. The molecule has 1 aliphatic heterocycles. The van der Waals surface area contributed by atoms with Gasteiger partial charge in [0.2, 0.25) is 0 Å². The van der Waals surface area contributed by atoms with Crippen LogP contribution in [0.2, 0.25) is 10.0 Å². The normalized spacial score (nSPS) is 16.7. The van der Waals surface area contributed by atoms with Crippen LogP contribution in [0.15, 0.2) is 36.5 Å². The van der Waals surface area contributed by atoms with Crippen molar-refractivity contribution in [2.75, 3.05) is 38.2 Å². The van der Waals surface area contributed by atoms with E-state index in [-0.39, 0.29) is 12.5 Å². The van der Waals surface area contributed by atoms with Gasteiger partial charge in [0.05, 0.1) is 23.8 Å². The minimum atomic E-state index is -1.17. The summed E-state index contributed by atoms with van der Waals surface area (Å²) in [6, 6.07) is 8.62. The molecule has 3 rings (SSSR count). The number of pyridine rings is 1. The van der Waals surface area contributed by atoms with E-state index in [2.05, 4.69) is 10.3 Å². The summed E-state index contributed by atoms with van der Waals surface area (Å²) < 4.78 is 5.26. The van der Waals surface area contributed by atoms with Gasteiger partial charge in [0.25, 0.3) is 5.91 Å². The Hall–Kier alpha value is -1.86. The van der Waals surface area contributed by atoms with E-state index in [0.717, 1.165) is 0 Å². The van der Waals surface area contributed by atoms with E-state index < -0.39 is 5.60 Å². The molecular formula is C19H21Cl2N3O3. The number of nitrogens with one attached hydrogen (secondary N) is 1. The monoisotopic (exact) mass is 409 g/mol. The van der Waals surface area contributed by atoms with Gasteiger partial charge < -0.3 is 20.1 Å². The summed E-state index contributed by atoms with van der Waals surface area (Å²) in [5, 5.41) is 14.6. The molecule has 0 saturated carbocycles. The number of aromatic nitrogens is 1. The molecule has 1 aliphatic rings. The fourth-order valence-corrected chi connectivity index (χ4v) is 3.24. The number of halogens is 2. The van der Waals surface area contributed by atoms with Crippen molar-refractivity contribution in [3.05, 3.63) is 57.7 Å². The maximum absolute atomic E-state index is 12.5. The third-order valence-electron chi connectivity index (χ3n) is 4.43. The number of rotatable bonds is 5. The average molecular weight is 410 g/mol. The molecule has 1 aromatic heterocycles. The molecule has 2 aromatic rings. The number of amides is 1. The van der Waals surface area contributed by atoms with E-state index in [1.807, 2.05) is 0 Å². The van der Waals surface area contributed by atoms with Crippen LogP contribution in [0.3, 0.4) is 0 Å². The predicted molar refractivity (Wildman–Crippen MR) is 105 cm³/mol. The van der Waals surface area contributed by atoms with Crippen LogP contribution in [-0.4, -0.2) is 53.7 Å². The van der Waals surface area contributed by atoms with Gasteiger partial charge in [0.1, 0.15) is 11.4 Å². The SMILES string of the molecule is CC(O)(CNc1ncc(C(=O)N2CCOCC2)cc1Cl)c1cccc(Cl)c1. The molecule has 27 heavy (non-hydrogen) atoms. The van der Waals surface area contributed by atoms with Crippen molar-refractivity contribution in [3.8, 4) is 0 Å². The van der Waals surface area contributed by atoms with Crippen molar-refractivity contribution in [1.82, 2.24) is 9.88 Å². The van der Waals surface area contributed by atoms with Gasteiger partial charge in [-0.1, -0.05) is 35.3 Å². The first-order chi connectivity index (χ1) is 12.9. The number of carbonyl (C=O) groups excluding carboxylic acids is 1. The van der Waals surface area contributed by atoms with Gasteiger partial charge in [-0.05, 0) is 30.7 Å². The van der Waals surface area contributed by atoms with Crippen molar-refractivity contribution in [1.29, 1.82) is 0 Å². The summed E-state index contributed by atoms with van der Waals surface area (Å²) >= 11 is 12.3. The molecule has 0 spiro atoms. The van der Waals surface area contributed by atoms with Gasteiger partial charge >= 0.3 is 0 Å². The largest absolute Gasteiger partial charge is 0.384 e. The van der Waals surface area contributed by atoms with E-state index >= 15 is 0 Å².